The number of thioether (sulfide) groups is 1. The quantitative estimate of drug-likeness (QED) is 0.626. The van der Waals surface area contributed by atoms with Crippen LogP contribution in [0.4, 0.5) is 5.69 Å². The molecule has 1 N–H and O–H groups in total. The van der Waals surface area contributed by atoms with Crippen molar-refractivity contribution in [3.8, 4) is 0 Å². The number of nitrogens with zero attached hydrogens (tertiary/aromatic N) is 3. The van der Waals surface area contributed by atoms with Crippen LogP contribution in [0.15, 0.2) is 65.8 Å². The van der Waals surface area contributed by atoms with Gasteiger partial charge in [0.2, 0.25) is 0 Å². The van der Waals surface area contributed by atoms with Gasteiger partial charge in [0.15, 0.2) is 0 Å². The number of nitrogens with one attached hydrogen (secondary N) is 1. The predicted octanol–water partition coefficient (Wildman–Crippen LogP) is 4.03. The lowest BCUT2D eigenvalue weighted by Gasteiger charge is -2.12. The Morgan fingerprint density at radius 2 is 1.83 bits per heavy atom. The van der Waals surface area contributed by atoms with Crippen molar-refractivity contribution in [1.82, 2.24) is 14.9 Å². The smallest absolute Gasteiger partial charge is 0.271 e. The number of hydrogen-bond acceptors (Lipinski definition) is 5. The molecule has 1 aromatic carbocycles. The Morgan fingerprint density at radius 1 is 1.07 bits per heavy atom. The van der Waals surface area contributed by atoms with E-state index in [1.807, 2.05) is 42.6 Å². The molecule has 0 unspecified atom stereocenters. The van der Waals surface area contributed by atoms with Crippen molar-refractivity contribution in [1.29, 1.82) is 0 Å². The molecule has 2 amide bonds. The van der Waals surface area contributed by atoms with E-state index in [2.05, 4.69) is 15.3 Å². The van der Waals surface area contributed by atoms with Gasteiger partial charge in [0, 0.05) is 42.8 Å². The van der Waals surface area contributed by atoms with Gasteiger partial charge in [-0.15, -0.1) is 11.8 Å². The van der Waals surface area contributed by atoms with Crippen LogP contribution in [0.25, 0.3) is 0 Å². The largest absolute Gasteiger partial charge is 0.343 e. The molecule has 0 aliphatic heterocycles. The van der Waals surface area contributed by atoms with Gasteiger partial charge < -0.3 is 10.2 Å². The number of aryl methyl sites for hydroxylation is 1. The molecule has 148 valence electrons. The molecular weight excluding hydrogens is 384 g/mol. The van der Waals surface area contributed by atoms with Gasteiger partial charge in [-0.1, -0.05) is 6.07 Å². The Hall–Kier alpha value is -3.19. The summed E-state index contributed by atoms with van der Waals surface area (Å²) in [5, 5.41) is 2.88. The summed E-state index contributed by atoms with van der Waals surface area (Å²) in [6.07, 6.45) is 3.62. The summed E-state index contributed by atoms with van der Waals surface area (Å²) in [4.78, 5) is 35.5. The molecule has 3 aromatic rings. The lowest BCUT2D eigenvalue weighted by atomic mass is 10.1. The fraction of sp³-hybridized carbons (Fsp3) is 0.182. The highest BCUT2D eigenvalue weighted by atomic mass is 32.2. The van der Waals surface area contributed by atoms with Gasteiger partial charge in [-0.05, 0) is 55.0 Å². The zero-order chi connectivity index (χ0) is 20.8. The maximum Gasteiger partial charge on any atom is 0.271 e. The van der Waals surface area contributed by atoms with Crippen molar-refractivity contribution in [2.45, 2.75) is 17.6 Å². The molecule has 7 heteroatoms. The molecule has 0 fully saturated rings. The number of hydrogen-bond donors (Lipinski definition) is 1. The van der Waals surface area contributed by atoms with Crippen molar-refractivity contribution in [3.05, 3.63) is 83.4 Å². The average molecular weight is 407 g/mol. The zero-order valence-electron chi connectivity index (χ0n) is 16.5. The Kier molecular flexibility index (Phi) is 6.61. The van der Waals surface area contributed by atoms with Crippen molar-refractivity contribution in [2.24, 2.45) is 0 Å². The normalized spacial score (nSPS) is 10.4. The standard InChI is InChI=1S/C22H22N4O2S/c1-15-19(10-11-20(24-15)22(28)26(2)3)21(27)25-17-6-8-18(9-7-17)29-14-16-5-4-12-23-13-16/h4-13H,14H2,1-3H3,(H,25,27). The first kappa shape index (κ1) is 20.5. The number of benzene rings is 1. The van der Waals surface area contributed by atoms with E-state index in [9.17, 15) is 9.59 Å². The minimum Gasteiger partial charge on any atom is -0.343 e. The Labute approximate surface area is 174 Å². The maximum atomic E-state index is 12.6. The molecule has 3 rings (SSSR count). The summed E-state index contributed by atoms with van der Waals surface area (Å²) >= 11 is 1.71. The SMILES string of the molecule is Cc1nc(C(=O)N(C)C)ccc1C(=O)Nc1ccc(SCc2cccnc2)cc1. The summed E-state index contributed by atoms with van der Waals surface area (Å²) in [5.41, 5.74) is 3.14. The van der Waals surface area contributed by atoms with E-state index in [4.69, 9.17) is 0 Å². The van der Waals surface area contributed by atoms with Crippen LogP contribution in [0.1, 0.15) is 32.1 Å². The van der Waals surface area contributed by atoms with Gasteiger partial charge in [-0.3, -0.25) is 14.6 Å². The van der Waals surface area contributed by atoms with E-state index in [1.54, 1.807) is 51.1 Å². The van der Waals surface area contributed by atoms with Crippen LogP contribution in [0, 0.1) is 6.92 Å². The first-order valence-corrected chi connectivity index (χ1v) is 10.0. The van der Waals surface area contributed by atoms with Crippen LogP contribution in [0.5, 0.6) is 0 Å². The summed E-state index contributed by atoms with van der Waals surface area (Å²) in [6.45, 7) is 1.72. The second-order valence-electron chi connectivity index (χ2n) is 6.66. The molecule has 2 aromatic heterocycles. The Bertz CT molecular complexity index is 1010. The molecule has 29 heavy (non-hydrogen) atoms. The molecule has 0 spiro atoms. The lowest BCUT2D eigenvalue weighted by molar-refractivity contribution is 0.0821. The number of carbonyl (C=O) groups is 2. The topological polar surface area (TPSA) is 75.2 Å². The van der Waals surface area contributed by atoms with Crippen LogP contribution in [0.2, 0.25) is 0 Å². The lowest BCUT2D eigenvalue weighted by Crippen LogP contribution is -2.23. The van der Waals surface area contributed by atoms with E-state index in [0.29, 0.717) is 22.6 Å². The number of pyridine rings is 2. The van der Waals surface area contributed by atoms with E-state index in [1.165, 1.54) is 4.90 Å². The summed E-state index contributed by atoms with van der Waals surface area (Å²) < 4.78 is 0. The second-order valence-corrected chi connectivity index (χ2v) is 7.71. The van der Waals surface area contributed by atoms with Gasteiger partial charge in [0.05, 0.1) is 11.3 Å². The predicted molar refractivity (Wildman–Crippen MR) is 115 cm³/mol. The monoisotopic (exact) mass is 406 g/mol. The molecule has 0 radical (unpaired) electrons. The molecular formula is C22H22N4O2S. The molecule has 0 aliphatic rings. The number of anilines is 1. The van der Waals surface area contributed by atoms with E-state index in [-0.39, 0.29) is 11.8 Å². The highest BCUT2D eigenvalue weighted by Gasteiger charge is 2.15. The number of amides is 2. The molecule has 6 nitrogen and oxygen atoms in total. The summed E-state index contributed by atoms with van der Waals surface area (Å²) in [7, 11) is 3.33. The zero-order valence-corrected chi connectivity index (χ0v) is 17.4. The van der Waals surface area contributed by atoms with Gasteiger partial charge in [-0.2, -0.15) is 0 Å². The van der Waals surface area contributed by atoms with Crippen molar-refractivity contribution >= 4 is 29.3 Å². The number of rotatable bonds is 6. The van der Waals surface area contributed by atoms with E-state index in [0.717, 1.165) is 16.2 Å². The fourth-order valence-electron chi connectivity index (χ4n) is 2.63. The fourth-order valence-corrected chi connectivity index (χ4v) is 3.46. The van der Waals surface area contributed by atoms with E-state index < -0.39 is 0 Å². The van der Waals surface area contributed by atoms with Crippen LogP contribution in [-0.2, 0) is 5.75 Å². The molecule has 0 saturated carbocycles. The van der Waals surface area contributed by atoms with Crippen LogP contribution < -0.4 is 5.32 Å². The van der Waals surface area contributed by atoms with Crippen LogP contribution in [0.3, 0.4) is 0 Å². The van der Waals surface area contributed by atoms with Crippen LogP contribution in [-0.4, -0.2) is 40.8 Å². The van der Waals surface area contributed by atoms with Crippen molar-refractivity contribution in [2.75, 3.05) is 19.4 Å². The Balaban J connectivity index is 1.62. The third kappa shape index (κ3) is 5.42. The van der Waals surface area contributed by atoms with Crippen molar-refractivity contribution < 1.29 is 9.59 Å². The second kappa shape index (κ2) is 9.34. The molecule has 0 saturated heterocycles. The first-order valence-electron chi connectivity index (χ1n) is 9.06. The van der Waals surface area contributed by atoms with Gasteiger partial charge >= 0.3 is 0 Å². The van der Waals surface area contributed by atoms with Gasteiger partial charge in [-0.25, -0.2) is 4.98 Å². The van der Waals surface area contributed by atoms with Crippen molar-refractivity contribution in [3.63, 3.8) is 0 Å². The Morgan fingerprint density at radius 3 is 2.45 bits per heavy atom. The molecule has 0 bridgehead atoms. The molecule has 0 aliphatic carbocycles. The third-order valence-electron chi connectivity index (χ3n) is 4.20. The molecule has 0 atom stereocenters. The molecule has 2 heterocycles. The highest BCUT2D eigenvalue weighted by Crippen LogP contribution is 2.24. The van der Waals surface area contributed by atoms with Gasteiger partial charge in [0.1, 0.15) is 5.69 Å². The third-order valence-corrected chi connectivity index (χ3v) is 5.28. The van der Waals surface area contributed by atoms with Gasteiger partial charge in [0.25, 0.3) is 11.8 Å². The van der Waals surface area contributed by atoms with Crippen LogP contribution >= 0.6 is 11.8 Å². The minimum absolute atomic E-state index is 0.195. The highest BCUT2D eigenvalue weighted by molar-refractivity contribution is 7.98. The number of carbonyl (C=O) groups excluding carboxylic acids is 2. The summed E-state index contributed by atoms with van der Waals surface area (Å²) in [6, 6.07) is 14.9. The average Bonchev–Trinajstić information content (AvgIpc) is 2.73. The summed E-state index contributed by atoms with van der Waals surface area (Å²) in [5.74, 6) is 0.386. The number of aromatic nitrogens is 2. The first-order chi connectivity index (χ1) is 13.9. The maximum absolute atomic E-state index is 12.6. The van der Waals surface area contributed by atoms with E-state index >= 15 is 0 Å². The minimum atomic E-state index is -0.255.